The highest BCUT2D eigenvalue weighted by Gasteiger charge is 2.09. The second-order valence-corrected chi connectivity index (χ2v) is 5.15. The minimum Gasteiger partial charge on any atom is -0.494 e. The predicted octanol–water partition coefficient (Wildman–Crippen LogP) is 4.50. The fraction of sp³-hybridized carbons (Fsp3) is 0.294. The molecule has 2 aromatic rings. The molecule has 0 radical (unpaired) electrons. The summed E-state index contributed by atoms with van der Waals surface area (Å²) in [7, 11) is 1.59. The first-order valence-electron chi connectivity index (χ1n) is 6.73. The second kappa shape index (κ2) is 5.87. The maximum atomic E-state index is 6.01. The molecule has 0 amide bonds. The van der Waals surface area contributed by atoms with Crippen LogP contribution in [0.25, 0.3) is 0 Å². The number of ether oxygens (including phenoxy) is 2. The molecule has 0 aromatic heterocycles. The van der Waals surface area contributed by atoms with Crippen molar-refractivity contribution in [2.75, 3.05) is 12.8 Å². The van der Waals surface area contributed by atoms with Crippen molar-refractivity contribution in [3.8, 4) is 17.2 Å². The van der Waals surface area contributed by atoms with E-state index in [2.05, 4.69) is 26.8 Å². The lowest BCUT2D eigenvalue weighted by molar-refractivity contribution is 0.412. The third kappa shape index (κ3) is 2.87. The summed E-state index contributed by atoms with van der Waals surface area (Å²) < 4.78 is 11.1. The third-order valence-electron chi connectivity index (χ3n) is 3.34. The highest BCUT2D eigenvalue weighted by Crippen LogP contribution is 2.35. The molecule has 3 nitrogen and oxygen atoms in total. The maximum Gasteiger partial charge on any atom is 0.154 e. The number of hydrogen-bond donors (Lipinski definition) is 1. The molecule has 0 saturated carbocycles. The minimum absolute atomic E-state index is 0.505. The van der Waals surface area contributed by atoms with Crippen LogP contribution in [0.2, 0.25) is 0 Å². The van der Waals surface area contributed by atoms with Crippen LogP contribution in [0.15, 0.2) is 36.4 Å². The molecule has 2 rings (SSSR count). The molecule has 0 aliphatic carbocycles. The fourth-order valence-electron chi connectivity index (χ4n) is 2.28. The Bertz CT molecular complexity index is 606. The van der Waals surface area contributed by atoms with Crippen LogP contribution in [0, 0.1) is 6.92 Å². The van der Waals surface area contributed by atoms with E-state index in [1.165, 1.54) is 11.1 Å². The van der Waals surface area contributed by atoms with Gasteiger partial charge in [-0.2, -0.15) is 0 Å². The summed E-state index contributed by atoms with van der Waals surface area (Å²) in [4.78, 5) is 0. The minimum atomic E-state index is 0.505. The van der Waals surface area contributed by atoms with Crippen LogP contribution in [0.3, 0.4) is 0 Å². The molecule has 0 heterocycles. The first-order chi connectivity index (χ1) is 9.52. The van der Waals surface area contributed by atoms with Crippen molar-refractivity contribution in [2.45, 2.75) is 26.7 Å². The van der Waals surface area contributed by atoms with Gasteiger partial charge < -0.3 is 15.2 Å². The van der Waals surface area contributed by atoms with Crippen molar-refractivity contribution in [1.82, 2.24) is 0 Å². The summed E-state index contributed by atoms with van der Waals surface area (Å²) in [5, 5.41) is 0. The van der Waals surface area contributed by atoms with E-state index in [0.29, 0.717) is 23.1 Å². The number of methoxy groups -OCH3 is 1. The van der Waals surface area contributed by atoms with Crippen LogP contribution in [0.4, 0.5) is 5.69 Å². The van der Waals surface area contributed by atoms with Gasteiger partial charge in [0.15, 0.2) is 5.75 Å². The zero-order valence-electron chi connectivity index (χ0n) is 12.4. The predicted molar refractivity (Wildman–Crippen MR) is 82.7 cm³/mol. The number of para-hydroxylation sites is 1. The monoisotopic (exact) mass is 271 g/mol. The van der Waals surface area contributed by atoms with Gasteiger partial charge in [0.25, 0.3) is 0 Å². The first-order valence-corrected chi connectivity index (χ1v) is 6.73. The molecule has 20 heavy (non-hydrogen) atoms. The van der Waals surface area contributed by atoms with Crippen LogP contribution in [0.1, 0.15) is 30.9 Å². The van der Waals surface area contributed by atoms with Crippen molar-refractivity contribution in [3.63, 3.8) is 0 Å². The molecule has 0 aliphatic heterocycles. The second-order valence-electron chi connectivity index (χ2n) is 5.15. The molecule has 0 spiro atoms. The summed E-state index contributed by atoms with van der Waals surface area (Å²) in [6.07, 6.45) is 0. The molecule has 3 heteroatoms. The summed E-state index contributed by atoms with van der Waals surface area (Å²) in [5.74, 6) is 2.52. The molecule has 0 aliphatic rings. The van der Waals surface area contributed by atoms with Gasteiger partial charge in [-0.05, 0) is 48.2 Å². The van der Waals surface area contributed by atoms with E-state index < -0.39 is 0 Å². The zero-order chi connectivity index (χ0) is 14.7. The van der Waals surface area contributed by atoms with Gasteiger partial charge in [0.2, 0.25) is 0 Å². The molecule has 2 aromatic carbocycles. The Morgan fingerprint density at radius 3 is 2.35 bits per heavy atom. The lowest BCUT2D eigenvalue weighted by Gasteiger charge is -2.14. The van der Waals surface area contributed by atoms with E-state index in [4.69, 9.17) is 15.2 Å². The number of rotatable bonds is 4. The Balaban J connectivity index is 2.29. The van der Waals surface area contributed by atoms with E-state index in [-0.39, 0.29) is 0 Å². The summed E-state index contributed by atoms with van der Waals surface area (Å²) in [5.41, 5.74) is 9.07. The van der Waals surface area contributed by atoms with Gasteiger partial charge in [-0.3, -0.25) is 0 Å². The number of anilines is 1. The van der Waals surface area contributed by atoms with Crippen LogP contribution in [0.5, 0.6) is 17.2 Å². The smallest absolute Gasteiger partial charge is 0.154 e. The molecule has 2 N–H and O–H groups in total. The van der Waals surface area contributed by atoms with Crippen LogP contribution in [-0.4, -0.2) is 7.11 Å². The van der Waals surface area contributed by atoms with Crippen molar-refractivity contribution < 1.29 is 9.47 Å². The summed E-state index contributed by atoms with van der Waals surface area (Å²) in [6.45, 7) is 6.46. The van der Waals surface area contributed by atoms with E-state index in [1.807, 2.05) is 30.3 Å². The van der Waals surface area contributed by atoms with Crippen molar-refractivity contribution >= 4 is 5.69 Å². The van der Waals surface area contributed by atoms with Crippen LogP contribution < -0.4 is 15.2 Å². The summed E-state index contributed by atoms with van der Waals surface area (Å²) >= 11 is 0. The molecular formula is C17H21NO2. The van der Waals surface area contributed by atoms with Crippen molar-refractivity contribution in [2.24, 2.45) is 0 Å². The van der Waals surface area contributed by atoms with E-state index in [0.717, 1.165) is 5.75 Å². The van der Waals surface area contributed by atoms with Gasteiger partial charge in [0, 0.05) is 0 Å². The average molecular weight is 271 g/mol. The van der Waals surface area contributed by atoms with Crippen LogP contribution in [-0.2, 0) is 0 Å². The molecule has 0 atom stereocenters. The Labute approximate surface area is 120 Å². The third-order valence-corrected chi connectivity index (χ3v) is 3.34. The number of nitrogens with two attached hydrogens (primary N) is 1. The Morgan fingerprint density at radius 1 is 1.05 bits per heavy atom. The number of aryl methyl sites for hydroxylation is 1. The number of hydrogen-bond acceptors (Lipinski definition) is 3. The van der Waals surface area contributed by atoms with Gasteiger partial charge >= 0.3 is 0 Å². The molecule has 106 valence electrons. The molecule has 0 bridgehead atoms. The van der Waals surface area contributed by atoms with Gasteiger partial charge in [0.05, 0.1) is 7.11 Å². The quantitative estimate of drug-likeness (QED) is 0.832. The van der Waals surface area contributed by atoms with E-state index in [1.54, 1.807) is 7.11 Å². The zero-order valence-corrected chi connectivity index (χ0v) is 12.4. The van der Waals surface area contributed by atoms with Crippen molar-refractivity contribution in [3.05, 3.63) is 47.5 Å². The van der Waals surface area contributed by atoms with Crippen molar-refractivity contribution in [1.29, 1.82) is 0 Å². The standard InChI is InChI=1S/C17H21NO2/c1-11(2)14-9-8-13(10-12(14)3)20-16-7-5-6-15(19-4)17(16)18/h5-11H,18H2,1-4H3. The number of benzene rings is 2. The lowest BCUT2D eigenvalue weighted by Crippen LogP contribution is -1.97. The van der Waals surface area contributed by atoms with Gasteiger partial charge in [0.1, 0.15) is 17.2 Å². The molecule has 0 unspecified atom stereocenters. The lowest BCUT2D eigenvalue weighted by atomic mass is 9.98. The van der Waals surface area contributed by atoms with Gasteiger partial charge in [-0.25, -0.2) is 0 Å². The van der Waals surface area contributed by atoms with Gasteiger partial charge in [-0.1, -0.05) is 26.0 Å². The normalized spacial score (nSPS) is 10.7. The largest absolute Gasteiger partial charge is 0.494 e. The highest BCUT2D eigenvalue weighted by molar-refractivity contribution is 5.63. The topological polar surface area (TPSA) is 44.5 Å². The van der Waals surface area contributed by atoms with E-state index >= 15 is 0 Å². The summed E-state index contributed by atoms with van der Waals surface area (Å²) in [6, 6.07) is 11.6. The Kier molecular flexibility index (Phi) is 4.18. The highest BCUT2D eigenvalue weighted by atomic mass is 16.5. The average Bonchev–Trinajstić information content (AvgIpc) is 2.41. The fourth-order valence-corrected chi connectivity index (χ4v) is 2.28. The van der Waals surface area contributed by atoms with Crippen LogP contribution >= 0.6 is 0 Å². The SMILES string of the molecule is COc1cccc(Oc2ccc(C(C)C)c(C)c2)c1N. The Hall–Kier alpha value is -2.16. The molecule has 0 saturated heterocycles. The maximum absolute atomic E-state index is 6.01. The molecule has 0 fully saturated rings. The van der Waals surface area contributed by atoms with E-state index in [9.17, 15) is 0 Å². The Morgan fingerprint density at radius 2 is 1.75 bits per heavy atom. The van der Waals surface area contributed by atoms with Gasteiger partial charge in [-0.15, -0.1) is 0 Å². The number of nitrogen functional groups attached to an aromatic ring is 1. The molecular weight excluding hydrogens is 250 g/mol. The first kappa shape index (κ1) is 14.3.